The fraction of sp³-hybridized carbons (Fsp3) is 0.450. The molecule has 0 radical (unpaired) electrons. The Bertz CT molecular complexity index is 1070. The molecule has 2 aromatic heterocycles. The molecule has 0 bridgehead atoms. The molecule has 4 heterocycles. The van der Waals surface area contributed by atoms with Crippen LogP contribution in [0.25, 0.3) is 10.9 Å². The first kappa shape index (κ1) is 19.6. The molecular formula is C20H24N8O3. The van der Waals surface area contributed by atoms with Crippen LogP contribution in [0.5, 0.6) is 5.88 Å². The number of para-hydroxylation sites is 1. The normalized spacial score (nSPS) is 17.7. The molecule has 0 spiro atoms. The van der Waals surface area contributed by atoms with E-state index >= 15 is 0 Å². The van der Waals surface area contributed by atoms with E-state index in [1.54, 1.807) is 11.6 Å². The van der Waals surface area contributed by atoms with Gasteiger partial charge in [-0.05, 0) is 6.07 Å². The van der Waals surface area contributed by atoms with Gasteiger partial charge in [-0.2, -0.15) is 15.0 Å². The molecule has 2 fully saturated rings. The number of benzene rings is 1. The van der Waals surface area contributed by atoms with E-state index in [9.17, 15) is 5.11 Å². The first-order valence-corrected chi connectivity index (χ1v) is 10.3. The molecule has 11 nitrogen and oxygen atoms in total. The van der Waals surface area contributed by atoms with Gasteiger partial charge in [0, 0.05) is 38.6 Å². The van der Waals surface area contributed by atoms with Crippen LogP contribution in [-0.2, 0) is 16.5 Å². The summed E-state index contributed by atoms with van der Waals surface area (Å²) in [5, 5.41) is 19.9. The van der Waals surface area contributed by atoms with Crippen molar-refractivity contribution in [1.82, 2.24) is 19.5 Å². The van der Waals surface area contributed by atoms with Gasteiger partial charge in [-0.1, -0.05) is 18.2 Å². The number of nitrogens with zero attached hydrogens (tertiary/aromatic N) is 8. The summed E-state index contributed by atoms with van der Waals surface area (Å²) < 4.78 is 12.6. The van der Waals surface area contributed by atoms with E-state index in [1.165, 1.54) is 0 Å². The Hall–Kier alpha value is -3.31. The quantitative estimate of drug-likeness (QED) is 0.634. The Kier molecular flexibility index (Phi) is 5.35. The molecule has 2 aliphatic heterocycles. The first-order chi connectivity index (χ1) is 15.2. The molecule has 0 saturated carbocycles. The van der Waals surface area contributed by atoms with E-state index < -0.39 is 0 Å². The molecule has 2 aliphatic rings. The number of ether oxygens (including phenoxy) is 2. The summed E-state index contributed by atoms with van der Waals surface area (Å²) in [7, 11) is 1.78. The van der Waals surface area contributed by atoms with Gasteiger partial charge in [0.2, 0.25) is 17.8 Å². The summed E-state index contributed by atoms with van der Waals surface area (Å²) in [6.45, 7) is 5.30. The zero-order valence-electron chi connectivity index (χ0n) is 17.3. The number of azo groups is 1. The van der Waals surface area contributed by atoms with Crippen LogP contribution in [0.2, 0.25) is 0 Å². The molecule has 31 heavy (non-hydrogen) atoms. The molecule has 1 N–H and O–H groups in total. The average molecular weight is 424 g/mol. The van der Waals surface area contributed by atoms with Crippen molar-refractivity contribution < 1.29 is 14.6 Å². The van der Waals surface area contributed by atoms with Crippen molar-refractivity contribution in [1.29, 1.82) is 0 Å². The van der Waals surface area contributed by atoms with E-state index in [0.717, 1.165) is 10.9 Å². The first-order valence-electron chi connectivity index (χ1n) is 10.3. The molecule has 0 aliphatic carbocycles. The average Bonchev–Trinajstić information content (AvgIpc) is 3.08. The van der Waals surface area contributed by atoms with Crippen LogP contribution >= 0.6 is 0 Å². The lowest BCUT2D eigenvalue weighted by atomic mass is 10.2. The van der Waals surface area contributed by atoms with Gasteiger partial charge < -0.3 is 28.9 Å². The number of anilines is 2. The zero-order valence-corrected chi connectivity index (χ0v) is 17.3. The Labute approximate surface area is 179 Å². The van der Waals surface area contributed by atoms with Crippen molar-refractivity contribution in [3.05, 3.63) is 24.3 Å². The molecule has 0 atom stereocenters. The van der Waals surface area contributed by atoms with Crippen molar-refractivity contribution in [3.63, 3.8) is 0 Å². The summed E-state index contributed by atoms with van der Waals surface area (Å²) in [4.78, 5) is 17.8. The highest BCUT2D eigenvalue weighted by molar-refractivity contribution is 5.94. The second-order valence-electron chi connectivity index (χ2n) is 7.38. The zero-order chi connectivity index (χ0) is 21.2. The van der Waals surface area contributed by atoms with E-state index in [-0.39, 0.29) is 11.8 Å². The maximum atomic E-state index is 10.5. The van der Waals surface area contributed by atoms with E-state index in [4.69, 9.17) is 9.47 Å². The van der Waals surface area contributed by atoms with Crippen molar-refractivity contribution in [2.45, 2.75) is 0 Å². The third kappa shape index (κ3) is 3.89. The van der Waals surface area contributed by atoms with Crippen molar-refractivity contribution >= 4 is 34.4 Å². The topological polar surface area (TPSA) is 113 Å². The second kappa shape index (κ2) is 8.44. The maximum absolute atomic E-state index is 10.5. The lowest BCUT2D eigenvalue weighted by molar-refractivity contribution is 0.121. The summed E-state index contributed by atoms with van der Waals surface area (Å²) in [6.07, 6.45) is 0. The predicted molar refractivity (Wildman–Crippen MR) is 115 cm³/mol. The van der Waals surface area contributed by atoms with Crippen LogP contribution in [0.1, 0.15) is 0 Å². The van der Waals surface area contributed by atoms with Gasteiger partial charge in [0.1, 0.15) is 0 Å². The van der Waals surface area contributed by atoms with Crippen LogP contribution in [0.3, 0.4) is 0 Å². The Morgan fingerprint density at radius 1 is 0.839 bits per heavy atom. The van der Waals surface area contributed by atoms with Gasteiger partial charge in [0.25, 0.3) is 5.95 Å². The minimum absolute atomic E-state index is 0.0424. The van der Waals surface area contributed by atoms with Crippen LogP contribution in [-0.4, -0.2) is 77.2 Å². The minimum Gasteiger partial charge on any atom is -0.493 e. The largest absolute Gasteiger partial charge is 0.493 e. The monoisotopic (exact) mass is 424 g/mol. The molecule has 0 unspecified atom stereocenters. The molecule has 1 aromatic carbocycles. The Morgan fingerprint density at radius 2 is 1.42 bits per heavy atom. The van der Waals surface area contributed by atoms with Gasteiger partial charge in [-0.15, -0.1) is 10.2 Å². The number of aromatic nitrogens is 4. The summed E-state index contributed by atoms with van der Waals surface area (Å²) >= 11 is 0. The number of aryl methyl sites for hydroxylation is 1. The van der Waals surface area contributed by atoms with Crippen LogP contribution in [0.4, 0.5) is 23.5 Å². The van der Waals surface area contributed by atoms with Crippen LogP contribution < -0.4 is 9.80 Å². The third-order valence-corrected chi connectivity index (χ3v) is 5.48. The summed E-state index contributed by atoms with van der Waals surface area (Å²) in [5.41, 5.74) is 1.26. The number of fused-ring (bicyclic) bond motifs is 1. The lowest BCUT2D eigenvalue weighted by Crippen LogP contribution is -2.39. The highest BCUT2D eigenvalue weighted by Crippen LogP contribution is 2.38. The van der Waals surface area contributed by atoms with Crippen molar-refractivity contribution in [3.8, 4) is 5.88 Å². The van der Waals surface area contributed by atoms with Crippen molar-refractivity contribution in [2.24, 2.45) is 17.3 Å². The maximum Gasteiger partial charge on any atom is 0.275 e. The number of hydrogen-bond donors (Lipinski definition) is 1. The Morgan fingerprint density at radius 3 is 2.03 bits per heavy atom. The second-order valence-corrected chi connectivity index (χ2v) is 7.38. The fourth-order valence-corrected chi connectivity index (χ4v) is 3.75. The van der Waals surface area contributed by atoms with Gasteiger partial charge in [-0.3, -0.25) is 0 Å². The van der Waals surface area contributed by atoms with Gasteiger partial charge in [0.15, 0.2) is 5.69 Å². The summed E-state index contributed by atoms with van der Waals surface area (Å²) in [5.74, 6) is 1.35. The molecular weight excluding hydrogens is 400 g/mol. The molecule has 162 valence electrons. The predicted octanol–water partition coefficient (Wildman–Crippen LogP) is 2.16. The number of aromatic hydroxyl groups is 1. The van der Waals surface area contributed by atoms with Gasteiger partial charge in [0.05, 0.1) is 31.9 Å². The van der Waals surface area contributed by atoms with Crippen LogP contribution in [0.15, 0.2) is 34.5 Å². The smallest absolute Gasteiger partial charge is 0.275 e. The highest BCUT2D eigenvalue weighted by atomic mass is 16.5. The SMILES string of the molecule is Cn1c(O)c(N=Nc2nc(N3CCOCC3)nc(N3CCOCC3)n2)c2ccccc21. The Balaban J connectivity index is 1.52. The van der Waals surface area contributed by atoms with E-state index in [2.05, 4.69) is 35.0 Å². The molecule has 11 heteroatoms. The molecule has 3 aromatic rings. The standard InChI is InChI=1S/C20H24N8O3/c1-26-15-5-3-2-4-14(15)16(17(26)29)24-25-18-21-19(27-6-10-30-11-7-27)23-20(22-18)28-8-12-31-13-9-28/h2-5,29H,6-13H2,1H3. The minimum atomic E-state index is 0.0424. The molecule has 0 amide bonds. The number of morpholine rings is 2. The van der Waals surface area contributed by atoms with E-state index in [0.29, 0.717) is 70.2 Å². The fourth-order valence-electron chi connectivity index (χ4n) is 3.75. The molecule has 2 saturated heterocycles. The third-order valence-electron chi connectivity index (χ3n) is 5.48. The lowest BCUT2D eigenvalue weighted by Gasteiger charge is -2.29. The summed E-state index contributed by atoms with van der Waals surface area (Å²) in [6, 6.07) is 7.63. The van der Waals surface area contributed by atoms with Gasteiger partial charge >= 0.3 is 0 Å². The van der Waals surface area contributed by atoms with Crippen molar-refractivity contribution in [2.75, 3.05) is 62.4 Å². The van der Waals surface area contributed by atoms with Crippen LogP contribution in [0, 0.1) is 0 Å². The van der Waals surface area contributed by atoms with E-state index in [1.807, 2.05) is 24.3 Å². The number of rotatable bonds is 4. The molecule has 5 rings (SSSR count). The van der Waals surface area contributed by atoms with Gasteiger partial charge in [-0.25, -0.2) is 0 Å². The highest BCUT2D eigenvalue weighted by Gasteiger charge is 2.21. The number of hydrogen-bond acceptors (Lipinski definition) is 10.